The second kappa shape index (κ2) is 6.77. The number of ether oxygens (including phenoxy) is 2. The highest BCUT2D eigenvalue weighted by Crippen LogP contribution is 2.38. The standard InChI is InChI=1S/C18H14BrClO3/c1-22-18(21)11-3-5-17-16(8-11)14(6-7-20)15-9-13(19)4-2-12(15)10-23-17/h2-6,8-9H,7,10H2,1H3/b14-6+. The molecule has 1 heterocycles. The second-order valence-electron chi connectivity index (χ2n) is 5.06. The van der Waals surface area contributed by atoms with Gasteiger partial charge in [0.15, 0.2) is 0 Å². The Morgan fingerprint density at radius 1 is 1.30 bits per heavy atom. The third-order valence-electron chi connectivity index (χ3n) is 3.72. The fourth-order valence-electron chi connectivity index (χ4n) is 2.63. The molecule has 1 aliphatic rings. The number of alkyl halides is 1. The van der Waals surface area contributed by atoms with E-state index < -0.39 is 0 Å². The van der Waals surface area contributed by atoms with Crippen molar-refractivity contribution in [1.82, 2.24) is 0 Å². The highest BCUT2D eigenvalue weighted by Gasteiger charge is 2.21. The molecule has 0 radical (unpaired) electrons. The number of carbonyl (C=O) groups excluding carboxylic acids is 1. The molecule has 0 aliphatic carbocycles. The number of allylic oxidation sites excluding steroid dienone is 1. The molecule has 23 heavy (non-hydrogen) atoms. The molecule has 0 spiro atoms. The van der Waals surface area contributed by atoms with Gasteiger partial charge in [-0.2, -0.15) is 0 Å². The van der Waals surface area contributed by atoms with Gasteiger partial charge in [-0.1, -0.05) is 28.1 Å². The second-order valence-corrected chi connectivity index (χ2v) is 6.29. The lowest BCUT2D eigenvalue weighted by atomic mass is 9.93. The average molecular weight is 394 g/mol. The summed E-state index contributed by atoms with van der Waals surface area (Å²) in [5.74, 6) is 0.710. The average Bonchev–Trinajstić information content (AvgIpc) is 2.71. The third-order valence-corrected chi connectivity index (χ3v) is 4.36. The highest BCUT2D eigenvalue weighted by atomic mass is 79.9. The van der Waals surface area contributed by atoms with Crippen molar-refractivity contribution in [1.29, 1.82) is 0 Å². The van der Waals surface area contributed by atoms with Crippen LogP contribution in [0.25, 0.3) is 5.57 Å². The van der Waals surface area contributed by atoms with Crippen molar-refractivity contribution >= 4 is 39.1 Å². The zero-order valence-corrected chi connectivity index (χ0v) is 14.8. The van der Waals surface area contributed by atoms with E-state index in [-0.39, 0.29) is 5.97 Å². The van der Waals surface area contributed by atoms with Crippen LogP contribution < -0.4 is 4.74 Å². The van der Waals surface area contributed by atoms with Gasteiger partial charge in [0.05, 0.1) is 12.7 Å². The lowest BCUT2D eigenvalue weighted by Crippen LogP contribution is -2.02. The van der Waals surface area contributed by atoms with Crippen LogP contribution in [-0.4, -0.2) is 19.0 Å². The molecule has 1 aliphatic heterocycles. The van der Waals surface area contributed by atoms with Gasteiger partial charge in [-0.3, -0.25) is 0 Å². The lowest BCUT2D eigenvalue weighted by Gasteiger charge is -2.12. The Balaban J connectivity index is 2.22. The largest absolute Gasteiger partial charge is 0.488 e. The fraction of sp³-hybridized carbons (Fsp3) is 0.167. The number of rotatable bonds is 2. The van der Waals surface area contributed by atoms with Crippen LogP contribution in [0.5, 0.6) is 5.75 Å². The van der Waals surface area contributed by atoms with Crippen LogP contribution in [0, 0.1) is 0 Å². The predicted octanol–water partition coefficient (Wildman–Crippen LogP) is 4.80. The molecule has 118 valence electrons. The van der Waals surface area contributed by atoms with Crippen LogP contribution in [0.3, 0.4) is 0 Å². The summed E-state index contributed by atoms with van der Waals surface area (Å²) < 4.78 is 11.7. The van der Waals surface area contributed by atoms with Gasteiger partial charge in [0.1, 0.15) is 12.4 Å². The Kier molecular flexibility index (Phi) is 4.74. The number of hydrogen-bond donors (Lipinski definition) is 0. The Morgan fingerprint density at radius 2 is 2.13 bits per heavy atom. The first-order chi connectivity index (χ1) is 11.1. The topological polar surface area (TPSA) is 35.5 Å². The molecule has 0 unspecified atom stereocenters. The summed E-state index contributed by atoms with van der Waals surface area (Å²) >= 11 is 9.48. The molecule has 2 aromatic rings. The Labute approximate surface area is 148 Å². The molecule has 0 atom stereocenters. The van der Waals surface area contributed by atoms with Crippen LogP contribution in [0.15, 0.2) is 46.9 Å². The van der Waals surface area contributed by atoms with Gasteiger partial charge in [0, 0.05) is 15.9 Å². The number of hydrogen-bond acceptors (Lipinski definition) is 3. The minimum Gasteiger partial charge on any atom is -0.488 e. The van der Waals surface area contributed by atoms with Crippen LogP contribution in [0.4, 0.5) is 0 Å². The first-order valence-corrected chi connectivity index (χ1v) is 8.37. The maximum Gasteiger partial charge on any atom is 0.337 e. The molecule has 3 rings (SSSR count). The van der Waals surface area contributed by atoms with E-state index in [1.165, 1.54) is 7.11 Å². The van der Waals surface area contributed by atoms with E-state index in [0.717, 1.165) is 32.5 Å². The van der Waals surface area contributed by atoms with Gasteiger partial charge in [-0.15, -0.1) is 11.6 Å². The summed E-state index contributed by atoms with van der Waals surface area (Å²) in [6.45, 7) is 0.465. The number of esters is 1. The first kappa shape index (κ1) is 16.1. The van der Waals surface area contributed by atoms with Crippen molar-refractivity contribution in [2.45, 2.75) is 6.61 Å². The smallest absolute Gasteiger partial charge is 0.337 e. The molecule has 0 fully saturated rings. The van der Waals surface area contributed by atoms with Gasteiger partial charge >= 0.3 is 5.97 Å². The first-order valence-electron chi connectivity index (χ1n) is 7.04. The summed E-state index contributed by atoms with van der Waals surface area (Å²) in [5.41, 5.74) is 4.38. The van der Waals surface area contributed by atoms with Gasteiger partial charge in [-0.25, -0.2) is 4.79 Å². The summed E-state index contributed by atoms with van der Waals surface area (Å²) in [5, 5.41) is 0. The SMILES string of the molecule is COC(=O)c1ccc2c(c1)/C(=C/CCl)c1cc(Br)ccc1CO2. The quantitative estimate of drug-likeness (QED) is 0.543. The molecular weight excluding hydrogens is 380 g/mol. The Morgan fingerprint density at radius 3 is 2.87 bits per heavy atom. The van der Waals surface area contributed by atoms with Crippen LogP contribution in [0.2, 0.25) is 0 Å². The maximum absolute atomic E-state index is 11.8. The number of methoxy groups -OCH3 is 1. The van der Waals surface area contributed by atoms with E-state index in [9.17, 15) is 4.79 Å². The Bertz CT molecular complexity index is 799. The van der Waals surface area contributed by atoms with E-state index in [4.69, 9.17) is 21.1 Å². The molecular formula is C18H14BrClO3. The van der Waals surface area contributed by atoms with Gasteiger partial charge in [0.2, 0.25) is 0 Å². The van der Waals surface area contributed by atoms with Gasteiger partial charge < -0.3 is 9.47 Å². The summed E-state index contributed by atoms with van der Waals surface area (Å²) in [6.07, 6.45) is 1.93. The molecule has 0 amide bonds. The fourth-order valence-corrected chi connectivity index (χ4v) is 3.15. The molecule has 2 aromatic carbocycles. The predicted molar refractivity (Wildman–Crippen MR) is 94.1 cm³/mol. The zero-order valence-electron chi connectivity index (χ0n) is 12.4. The van der Waals surface area contributed by atoms with Crippen molar-refractivity contribution in [3.05, 3.63) is 69.2 Å². The van der Waals surface area contributed by atoms with Crippen LogP contribution in [0.1, 0.15) is 27.0 Å². The van der Waals surface area contributed by atoms with E-state index in [0.29, 0.717) is 18.1 Å². The Hall–Kier alpha value is -1.78. The van der Waals surface area contributed by atoms with Crippen molar-refractivity contribution in [3.8, 4) is 5.75 Å². The molecule has 0 N–H and O–H groups in total. The molecule has 0 aromatic heterocycles. The van der Waals surface area contributed by atoms with E-state index in [1.807, 2.05) is 24.3 Å². The number of fused-ring (bicyclic) bond motifs is 2. The van der Waals surface area contributed by atoms with Crippen molar-refractivity contribution in [3.63, 3.8) is 0 Å². The molecule has 3 nitrogen and oxygen atoms in total. The molecule has 0 saturated heterocycles. The summed E-state index contributed by atoms with van der Waals surface area (Å²) in [4.78, 5) is 11.8. The minimum atomic E-state index is -0.378. The van der Waals surface area contributed by atoms with E-state index >= 15 is 0 Å². The number of carbonyl (C=O) groups is 1. The van der Waals surface area contributed by atoms with Crippen molar-refractivity contribution < 1.29 is 14.3 Å². The van der Waals surface area contributed by atoms with E-state index in [2.05, 4.69) is 15.9 Å². The number of halogens is 2. The monoisotopic (exact) mass is 392 g/mol. The minimum absolute atomic E-state index is 0.364. The van der Waals surface area contributed by atoms with E-state index in [1.54, 1.807) is 18.2 Å². The number of benzene rings is 2. The third kappa shape index (κ3) is 3.14. The maximum atomic E-state index is 11.8. The summed E-state index contributed by atoms with van der Waals surface area (Å²) in [7, 11) is 1.37. The van der Waals surface area contributed by atoms with Gasteiger partial charge in [-0.05, 0) is 47.0 Å². The van der Waals surface area contributed by atoms with Crippen LogP contribution in [-0.2, 0) is 11.3 Å². The normalized spacial score (nSPS) is 14.5. The lowest BCUT2D eigenvalue weighted by molar-refractivity contribution is 0.0600. The molecule has 5 heteroatoms. The zero-order chi connectivity index (χ0) is 16.4. The van der Waals surface area contributed by atoms with Crippen LogP contribution >= 0.6 is 27.5 Å². The molecule has 0 saturated carbocycles. The van der Waals surface area contributed by atoms with Crippen molar-refractivity contribution in [2.75, 3.05) is 13.0 Å². The van der Waals surface area contributed by atoms with Gasteiger partial charge in [0.25, 0.3) is 0 Å². The van der Waals surface area contributed by atoms with Crippen molar-refractivity contribution in [2.24, 2.45) is 0 Å². The molecule has 0 bridgehead atoms. The summed E-state index contributed by atoms with van der Waals surface area (Å²) in [6, 6.07) is 11.3. The highest BCUT2D eigenvalue weighted by molar-refractivity contribution is 9.10.